The monoisotopic (exact) mass is 230 g/mol. The molecule has 1 aromatic rings. The molecule has 1 heterocycles. The summed E-state index contributed by atoms with van der Waals surface area (Å²) in [4.78, 5) is 2.56. The highest BCUT2D eigenvalue weighted by Gasteiger charge is 2.45. The molecule has 2 heteroatoms. The summed E-state index contributed by atoms with van der Waals surface area (Å²) >= 11 is 0. The Morgan fingerprint density at radius 2 is 1.94 bits per heavy atom. The van der Waals surface area contributed by atoms with E-state index in [1.165, 1.54) is 18.5 Å². The van der Waals surface area contributed by atoms with Gasteiger partial charge >= 0.3 is 0 Å². The minimum Gasteiger partial charge on any atom is -0.366 e. The summed E-state index contributed by atoms with van der Waals surface area (Å²) in [5.41, 5.74) is 1.69. The standard InChI is InChI=1S/C15H22N2/c1-12-10-16-15(2,13-8-9-13)11-17(12)14-6-4-3-5-7-14/h3-7,12-13,16H,8-11H2,1-2H3. The molecule has 2 unspecified atom stereocenters. The Balaban J connectivity index is 1.82. The minimum atomic E-state index is 0.322. The number of rotatable bonds is 2. The predicted molar refractivity (Wildman–Crippen MR) is 72.4 cm³/mol. The largest absolute Gasteiger partial charge is 0.366 e. The topological polar surface area (TPSA) is 15.3 Å². The SMILES string of the molecule is CC1CNC(C)(C2CC2)CN1c1ccccc1. The zero-order valence-electron chi connectivity index (χ0n) is 10.8. The Labute approximate surface area is 104 Å². The maximum absolute atomic E-state index is 3.77. The molecule has 2 fully saturated rings. The zero-order chi connectivity index (χ0) is 11.9. The highest BCUT2D eigenvalue weighted by atomic mass is 15.3. The highest BCUT2D eigenvalue weighted by Crippen LogP contribution is 2.41. The van der Waals surface area contributed by atoms with Crippen LogP contribution in [-0.2, 0) is 0 Å². The average Bonchev–Trinajstić information content (AvgIpc) is 3.18. The second-order valence-electron chi connectivity index (χ2n) is 5.89. The molecule has 0 aromatic heterocycles. The van der Waals surface area contributed by atoms with Crippen molar-refractivity contribution in [2.75, 3.05) is 18.0 Å². The summed E-state index contributed by atoms with van der Waals surface area (Å²) < 4.78 is 0. The van der Waals surface area contributed by atoms with Crippen LogP contribution in [0, 0.1) is 5.92 Å². The van der Waals surface area contributed by atoms with Crippen molar-refractivity contribution in [3.63, 3.8) is 0 Å². The van der Waals surface area contributed by atoms with Gasteiger partial charge in [0, 0.05) is 30.4 Å². The van der Waals surface area contributed by atoms with Gasteiger partial charge in [-0.3, -0.25) is 0 Å². The lowest BCUT2D eigenvalue weighted by atomic mass is 9.91. The minimum absolute atomic E-state index is 0.322. The number of nitrogens with one attached hydrogen (secondary N) is 1. The van der Waals surface area contributed by atoms with Gasteiger partial charge in [-0.05, 0) is 44.7 Å². The third-order valence-corrected chi connectivity index (χ3v) is 4.40. The molecule has 92 valence electrons. The van der Waals surface area contributed by atoms with Crippen molar-refractivity contribution in [3.8, 4) is 0 Å². The van der Waals surface area contributed by atoms with Crippen molar-refractivity contribution in [3.05, 3.63) is 30.3 Å². The van der Waals surface area contributed by atoms with Crippen molar-refractivity contribution < 1.29 is 0 Å². The second-order valence-corrected chi connectivity index (χ2v) is 5.89. The van der Waals surface area contributed by atoms with Gasteiger partial charge in [-0.1, -0.05) is 18.2 Å². The second kappa shape index (κ2) is 4.02. The number of piperazine rings is 1. The van der Waals surface area contributed by atoms with Crippen molar-refractivity contribution >= 4 is 5.69 Å². The molecular weight excluding hydrogens is 208 g/mol. The van der Waals surface area contributed by atoms with Crippen molar-refractivity contribution in [2.45, 2.75) is 38.3 Å². The van der Waals surface area contributed by atoms with Gasteiger partial charge in [0.05, 0.1) is 0 Å². The summed E-state index contributed by atoms with van der Waals surface area (Å²) in [5.74, 6) is 0.890. The number of hydrogen-bond acceptors (Lipinski definition) is 2. The van der Waals surface area contributed by atoms with Gasteiger partial charge in [0.15, 0.2) is 0 Å². The summed E-state index contributed by atoms with van der Waals surface area (Å²) in [6.07, 6.45) is 2.81. The first-order chi connectivity index (χ1) is 8.19. The van der Waals surface area contributed by atoms with Crippen LogP contribution in [0.4, 0.5) is 5.69 Å². The van der Waals surface area contributed by atoms with E-state index in [9.17, 15) is 0 Å². The molecule has 1 saturated heterocycles. The van der Waals surface area contributed by atoms with E-state index < -0.39 is 0 Å². The fourth-order valence-electron chi connectivity index (χ4n) is 3.02. The normalized spacial score (nSPS) is 33.8. The van der Waals surface area contributed by atoms with Crippen molar-refractivity contribution in [2.24, 2.45) is 5.92 Å². The summed E-state index contributed by atoms with van der Waals surface area (Å²) in [6, 6.07) is 11.4. The van der Waals surface area contributed by atoms with Crippen LogP contribution >= 0.6 is 0 Å². The molecule has 0 bridgehead atoms. The van der Waals surface area contributed by atoms with Crippen LogP contribution in [0.15, 0.2) is 30.3 Å². The third kappa shape index (κ3) is 2.06. The Kier molecular flexibility index (Phi) is 2.62. The maximum Gasteiger partial charge on any atom is 0.0387 e. The van der Waals surface area contributed by atoms with Crippen LogP contribution in [0.1, 0.15) is 26.7 Å². The van der Waals surface area contributed by atoms with E-state index in [-0.39, 0.29) is 0 Å². The first-order valence-corrected chi connectivity index (χ1v) is 6.76. The Morgan fingerprint density at radius 1 is 1.24 bits per heavy atom. The maximum atomic E-state index is 3.77. The zero-order valence-corrected chi connectivity index (χ0v) is 10.8. The molecular formula is C15H22N2. The summed E-state index contributed by atoms with van der Waals surface area (Å²) in [6.45, 7) is 6.95. The molecule has 0 spiro atoms. The van der Waals surface area contributed by atoms with Crippen LogP contribution in [0.25, 0.3) is 0 Å². The van der Waals surface area contributed by atoms with Crippen molar-refractivity contribution in [1.29, 1.82) is 0 Å². The van der Waals surface area contributed by atoms with Gasteiger partial charge in [-0.25, -0.2) is 0 Å². The first kappa shape index (κ1) is 11.1. The van der Waals surface area contributed by atoms with Gasteiger partial charge in [-0.2, -0.15) is 0 Å². The molecule has 3 rings (SSSR count). The number of benzene rings is 1. The Hall–Kier alpha value is -1.02. The lowest BCUT2D eigenvalue weighted by molar-refractivity contribution is 0.261. The molecule has 1 aliphatic heterocycles. The fourth-order valence-corrected chi connectivity index (χ4v) is 3.02. The third-order valence-electron chi connectivity index (χ3n) is 4.40. The molecule has 17 heavy (non-hydrogen) atoms. The molecule has 0 amide bonds. The molecule has 1 saturated carbocycles. The first-order valence-electron chi connectivity index (χ1n) is 6.76. The Bertz CT molecular complexity index is 385. The highest BCUT2D eigenvalue weighted by molar-refractivity contribution is 5.48. The van der Waals surface area contributed by atoms with Gasteiger partial charge < -0.3 is 10.2 Å². The summed E-state index contributed by atoms with van der Waals surface area (Å²) in [7, 11) is 0. The van der Waals surface area contributed by atoms with Crippen LogP contribution in [0.3, 0.4) is 0 Å². The van der Waals surface area contributed by atoms with Crippen LogP contribution in [0.2, 0.25) is 0 Å². The van der Waals surface area contributed by atoms with E-state index >= 15 is 0 Å². The molecule has 2 atom stereocenters. The summed E-state index contributed by atoms with van der Waals surface area (Å²) in [5, 5.41) is 3.77. The smallest absolute Gasteiger partial charge is 0.0387 e. The molecule has 1 aromatic carbocycles. The Morgan fingerprint density at radius 3 is 2.59 bits per heavy atom. The number of hydrogen-bond donors (Lipinski definition) is 1. The molecule has 1 aliphatic carbocycles. The van der Waals surface area contributed by atoms with Crippen molar-refractivity contribution in [1.82, 2.24) is 5.32 Å². The molecule has 2 aliphatic rings. The van der Waals surface area contributed by atoms with Crippen LogP contribution < -0.4 is 10.2 Å². The molecule has 1 N–H and O–H groups in total. The average molecular weight is 230 g/mol. The van der Waals surface area contributed by atoms with E-state index in [0.29, 0.717) is 11.6 Å². The number of para-hydroxylation sites is 1. The van der Waals surface area contributed by atoms with Gasteiger partial charge in [0.25, 0.3) is 0 Å². The van der Waals surface area contributed by atoms with E-state index in [4.69, 9.17) is 0 Å². The lowest BCUT2D eigenvalue weighted by Gasteiger charge is -2.46. The molecule has 2 nitrogen and oxygen atoms in total. The fraction of sp³-hybridized carbons (Fsp3) is 0.600. The molecule has 0 radical (unpaired) electrons. The lowest BCUT2D eigenvalue weighted by Crippen LogP contribution is -2.63. The van der Waals surface area contributed by atoms with Gasteiger partial charge in [0.1, 0.15) is 0 Å². The van der Waals surface area contributed by atoms with E-state index in [1.54, 1.807) is 0 Å². The number of anilines is 1. The van der Waals surface area contributed by atoms with E-state index in [2.05, 4.69) is 54.4 Å². The van der Waals surface area contributed by atoms with Crippen LogP contribution in [0.5, 0.6) is 0 Å². The van der Waals surface area contributed by atoms with Gasteiger partial charge in [-0.15, -0.1) is 0 Å². The number of nitrogens with zero attached hydrogens (tertiary/aromatic N) is 1. The van der Waals surface area contributed by atoms with E-state index in [1.807, 2.05) is 0 Å². The predicted octanol–water partition coefficient (Wildman–Crippen LogP) is 2.65. The van der Waals surface area contributed by atoms with Crippen LogP contribution in [-0.4, -0.2) is 24.7 Å². The van der Waals surface area contributed by atoms with Gasteiger partial charge in [0.2, 0.25) is 0 Å². The van der Waals surface area contributed by atoms with E-state index in [0.717, 1.165) is 19.0 Å². The quantitative estimate of drug-likeness (QED) is 0.840.